The zero-order valence-corrected chi connectivity index (χ0v) is 9.39. The Bertz CT molecular complexity index is 352. The van der Waals surface area contributed by atoms with Crippen molar-refractivity contribution < 1.29 is 9.13 Å². The van der Waals surface area contributed by atoms with Crippen molar-refractivity contribution >= 4 is 11.8 Å². The minimum Gasteiger partial charge on any atom is -0.379 e. The summed E-state index contributed by atoms with van der Waals surface area (Å²) < 4.78 is 18.7. The number of nitrogens with two attached hydrogens (primary N) is 1. The molecule has 1 aliphatic rings. The van der Waals surface area contributed by atoms with Crippen LogP contribution in [0.25, 0.3) is 0 Å². The molecule has 4 heteroatoms. The summed E-state index contributed by atoms with van der Waals surface area (Å²) in [6.45, 7) is 3.29. The van der Waals surface area contributed by atoms with Crippen molar-refractivity contribution in [3.63, 3.8) is 0 Å². The van der Waals surface area contributed by atoms with Gasteiger partial charge in [0.15, 0.2) is 0 Å². The van der Waals surface area contributed by atoms with E-state index in [-0.39, 0.29) is 11.9 Å². The van der Waals surface area contributed by atoms with Crippen LogP contribution in [0.1, 0.15) is 18.5 Å². The molecule has 1 fully saturated rings. The van der Waals surface area contributed by atoms with E-state index in [1.807, 2.05) is 13.0 Å². The van der Waals surface area contributed by atoms with E-state index in [1.165, 1.54) is 17.8 Å². The molecule has 0 bridgehead atoms. The molecule has 2 N–H and O–H groups in total. The molecule has 2 rings (SSSR count). The van der Waals surface area contributed by atoms with Crippen molar-refractivity contribution in [2.45, 2.75) is 23.1 Å². The summed E-state index contributed by atoms with van der Waals surface area (Å²) in [5.41, 5.74) is 6.51. The maximum atomic E-state index is 13.6. The fourth-order valence-corrected chi connectivity index (χ4v) is 2.36. The molecule has 1 aromatic carbocycles. The number of rotatable bonds is 3. The van der Waals surface area contributed by atoms with Gasteiger partial charge in [0.1, 0.15) is 5.82 Å². The molecule has 0 aromatic heterocycles. The summed E-state index contributed by atoms with van der Waals surface area (Å²) in [6.07, 6.45) is 0. The van der Waals surface area contributed by atoms with E-state index in [1.54, 1.807) is 6.07 Å². The molecule has 0 radical (unpaired) electrons. The predicted octanol–water partition coefficient (Wildman–Crippen LogP) is 2.34. The molecular formula is C11H14FNOS. The average molecular weight is 227 g/mol. The number of ether oxygens (including phenoxy) is 1. The maximum absolute atomic E-state index is 13.6. The third-order valence-corrected chi connectivity index (χ3v) is 3.57. The van der Waals surface area contributed by atoms with Crippen LogP contribution in [0.3, 0.4) is 0 Å². The highest BCUT2D eigenvalue weighted by Gasteiger charge is 2.21. The van der Waals surface area contributed by atoms with Crippen LogP contribution in [0.2, 0.25) is 0 Å². The van der Waals surface area contributed by atoms with Gasteiger partial charge in [-0.25, -0.2) is 4.39 Å². The Kier molecular flexibility index (Phi) is 3.29. The smallest absolute Gasteiger partial charge is 0.137 e. The summed E-state index contributed by atoms with van der Waals surface area (Å²) in [7, 11) is 0. The van der Waals surface area contributed by atoms with Crippen molar-refractivity contribution in [1.29, 1.82) is 0 Å². The zero-order valence-electron chi connectivity index (χ0n) is 8.57. The van der Waals surface area contributed by atoms with Gasteiger partial charge >= 0.3 is 0 Å². The fourth-order valence-electron chi connectivity index (χ4n) is 1.36. The molecule has 1 aromatic rings. The van der Waals surface area contributed by atoms with E-state index < -0.39 is 0 Å². The Morgan fingerprint density at radius 1 is 1.53 bits per heavy atom. The molecule has 1 aliphatic heterocycles. The van der Waals surface area contributed by atoms with Gasteiger partial charge in [-0.3, -0.25) is 0 Å². The van der Waals surface area contributed by atoms with Gasteiger partial charge in [0, 0.05) is 10.9 Å². The van der Waals surface area contributed by atoms with Crippen molar-refractivity contribution in [2.75, 3.05) is 13.2 Å². The second kappa shape index (κ2) is 4.51. The lowest BCUT2D eigenvalue weighted by Crippen LogP contribution is -2.30. The highest BCUT2D eigenvalue weighted by atomic mass is 32.2. The highest BCUT2D eigenvalue weighted by Crippen LogP contribution is 2.30. The van der Waals surface area contributed by atoms with E-state index in [9.17, 15) is 4.39 Å². The van der Waals surface area contributed by atoms with Crippen molar-refractivity contribution in [1.82, 2.24) is 0 Å². The molecule has 1 unspecified atom stereocenters. The van der Waals surface area contributed by atoms with Crippen LogP contribution >= 0.6 is 11.8 Å². The summed E-state index contributed by atoms with van der Waals surface area (Å²) in [6, 6.07) is 5.09. The lowest BCUT2D eigenvalue weighted by Gasteiger charge is -2.25. The number of halogens is 1. The third-order valence-electron chi connectivity index (χ3n) is 2.38. The first kappa shape index (κ1) is 10.9. The number of hydrogen-bond acceptors (Lipinski definition) is 3. The molecule has 0 amide bonds. The molecule has 0 saturated carbocycles. The van der Waals surface area contributed by atoms with E-state index in [0.29, 0.717) is 10.1 Å². The molecule has 1 saturated heterocycles. The van der Waals surface area contributed by atoms with Gasteiger partial charge in [0.25, 0.3) is 0 Å². The quantitative estimate of drug-likeness (QED) is 0.860. The maximum Gasteiger partial charge on any atom is 0.137 e. The van der Waals surface area contributed by atoms with E-state index >= 15 is 0 Å². The minimum absolute atomic E-state index is 0.120. The molecule has 82 valence electrons. The van der Waals surface area contributed by atoms with Gasteiger partial charge in [0.2, 0.25) is 0 Å². The van der Waals surface area contributed by atoms with Gasteiger partial charge in [-0.2, -0.15) is 0 Å². The van der Waals surface area contributed by atoms with Gasteiger partial charge < -0.3 is 10.5 Å². The molecule has 1 atom stereocenters. The standard InChI is InChI=1S/C11H14FNOS/c1-7(13)8-2-3-11(10(12)4-8)15-9-5-14-6-9/h2-4,7,9H,5-6,13H2,1H3. The van der Waals surface area contributed by atoms with Crippen LogP contribution in [0.4, 0.5) is 4.39 Å². The number of hydrogen-bond donors (Lipinski definition) is 1. The summed E-state index contributed by atoms with van der Waals surface area (Å²) >= 11 is 1.54. The Morgan fingerprint density at radius 3 is 2.73 bits per heavy atom. The topological polar surface area (TPSA) is 35.2 Å². The molecule has 0 spiro atoms. The van der Waals surface area contributed by atoms with Crippen LogP contribution in [0, 0.1) is 5.82 Å². The summed E-state index contributed by atoms with van der Waals surface area (Å²) in [5, 5.41) is 0.403. The second-order valence-corrected chi connectivity index (χ2v) is 5.10. The first-order valence-corrected chi connectivity index (χ1v) is 5.84. The Morgan fingerprint density at radius 2 is 2.27 bits per heavy atom. The normalized spacial score (nSPS) is 18.6. The first-order chi connectivity index (χ1) is 7.16. The van der Waals surface area contributed by atoms with Gasteiger partial charge in [-0.1, -0.05) is 6.07 Å². The summed E-state index contributed by atoms with van der Waals surface area (Å²) in [5.74, 6) is -0.179. The van der Waals surface area contributed by atoms with E-state index in [2.05, 4.69) is 0 Å². The molecule has 1 heterocycles. The van der Waals surface area contributed by atoms with Gasteiger partial charge in [-0.05, 0) is 24.6 Å². The van der Waals surface area contributed by atoms with Gasteiger partial charge in [0.05, 0.1) is 18.5 Å². The third kappa shape index (κ3) is 2.51. The first-order valence-electron chi connectivity index (χ1n) is 4.96. The molecule has 2 nitrogen and oxygen atoms in total. The lowest BCUT2D eigenvalue weighted by molar-refractivity contribution is 0.0455. The van der Waals surface area contributed by atoms with Crippen LogP contribution in [0.15, 0.2) is 23.1 Å². The van der Waals surface area contributed by atoms with Crippen LogP contribution in [-0.2, 0) is 4.74 Å². The Labute approximate surface area is 93.0 Å². The van der Waals surface area contributed by atoms with Gasteiger partial charge in [-0.15, -0.1) is 11.8 Å². The van der Waals surface area contributed by atoms with Crippen LogP contribution < -0.4 is 5.73 Å². The Balaban J connectivity index is 2.11. The number of benzene rings is 1. The zero-order chi connectivity index (χ0) is 10.8. The van der Waals surface area contributed by atoms with E-state index in [0.717, 1.165) is 18.8 Å². The van der Waals surface area contributed by atoms with Crippen LogP contribution in [-0.4, -0.2) is 18.5 Å². The van der Waals surface area contributed by atoms with Crippen molar-refractivity contribution in [3.8, 4) is 0 Å². The monoisotopic (exact) mass is 227 g/mol. The van der Waals surface area contributed by atoms with Crippen molar-refractivity contribution in [3.05, 3.63) is 29.6 Å². The van der Waals surface area contributed by atoms with Crippen molar-refractivity contribution in [2.24, 2.45) is 5.73 Å². The minimum atomic E-state index is -0.179. The largest absolute Gasteiger partial charge is 0.379 e. The SMILES string of the molecule is CC(N)c1ccc(SC2COC2)c(F)c1. The van der Waals surface area contributed by atoms with Crippen LogP contribution in [0.5, 0.6) is 0 Å². The highest BCUT2D eigenvalue weighted by molar-refractivity contribution is 8.00. The molecule has 0 aliphatic carbocycles. The molecular weight excluding hydrogens is 213 g/mol. The Hall–Kier alpha value is -0.580. The average Bonchev–Trinajstić information content (AvgIpc) is 2.12. The lowest BCUT2D eigenvalue weighted by atomic mass is 10.1. The molecule has 15 heavy (non-hydrogen) atoms. The van der Waals surface area contributed by atoms with E-state index in [4.69, 9.17) is 10.5 Å². The second-order valence-electron chi connectivity index (χ2n) is 3.76. The summed E-state index contributed by atoms with van der Waals surface area (Å²) in [4.78, 5) is 0.688. The predicted molar refractivity (Wildman–Crippen MR) is 59.5 cm³/mol. The fraction of sp³-hybridized carbons (Fsp3) is 0.455. The number of thioether (sulfide) groups is 1.